The molecule has 1 rings (SSSR count). The molecule has 2 atom stereocenters. The summed E-state index contributed by atoms with van der Waals surface area (Å²) in [6, 6.07) is -0.492. The van der Waals surface area contributed by atoms with Gasteiger partial charge in [-0.25, -0.2) is 0 Å². The first-order valence-corrected chi connectivity index (χ1v) is 5.11. The number of ether oxygens (including phenoxy) is 1. The molecule has 14 heavy (non-hydrogen) atoms. The van der Waals surface area contributed by atoms with E-state index in [0.29, 0.717) is 13.0 Å². The van der Waals surface area contributed by atoms with E-state index in [9.17, 15) is 10.1 Å². The van der Waals surface area contributed by atoms with Crippen LogP contribution in [-0.2, 0) is 4.74 Å². The van der Waals surface area contributed by atoms with Gasteiger partial charge in [-0.1, -0.05) is 12.5 Å². The van der Waals surface area contributed by atoms with E-state index in [4.69, 9.17) is 4.74 Å². The molecular formula is C10H17NO3. The Morgan fingerprint density at radius 1 is 1.50 bits per heavy atom. The van der Waals surface area contributed by atoms with Crippen molar-refractivity contribution in [2.75, 3.05) is 6.61 Å². The van der Waals surface area contributed by atoms with Crippen LogP contribution in [-0.4, -0.2) is 23.7 Å². The lowest BCUT2D eigenvalue weighted by atomic mass is 9.93. The zero-order valence-electron chi connectivity index (χ0n) is 8.35. The molecule has 0 heterocycles. The van der Waals surface area contributed by atoms with Gasteiger partial charge in [-0.15, -0.1) is 6.58 Å². The highest BCUT2D eigenvalue weighted by molar-refractivity contribution is 4.76. The van der Waals surface area contributed by atoms with Crippen LogP contribution in [0.15, 0.2) is 12.7 Å². The van der Waals surface area contributed by atoms with Gasteiger partial charge in [0.1, 0.15) is 6.10 Å². The standard InChI is InChI=1S/C10H17NO3/c1-2-3-8-14-10-7-5-4-6-9(10)11(12)13/h2,9-10H,1,3-8H2/t9-,10-/m1/s1. The Hall–Kier alpha value is -0.900. The maximum Gasteiger partial charge on any atom is 0.238 e. The Bertz CT molecular complexity index is 206. The van der Waals surface area contributed by atoms with Gasteiger partial charge in [0.05, 0.1) is 6.61 Å². The Balaban J connectivity index is 2.37. The third-order valence-corrected chi connectivity index (χ3v) is 2.59. The van der Waals surface area contributed by atoms with Gasteiger partial charge in [0.2, 0.25) is 6.04 Å². The fourth-order valence-corrected chi connectivity index (χ4v) is 1.82. The van der Waals surface area contributed by atoms with Crippen molar-refractivity contribution < 1.29 is 9.66 Å². The van der Waals surface area contributed by atoms with Crippen LogP contribution in [0.2, 0.25) is 0 Å². The lowest BCUT2D eigenvalue weighted by molar-refractivity contribution is -0.539. The molecule has 0 saturated heterocycles. The quantitative estimate of drug-likeness (QED) is 0.295. The second kappa shape index (κ2) is 5.75. The Kier molecular flexibility index (Phi) is 4.59. The molecular weight excluding hydrogens is 182 g/mol. The van der Waals surface area contributed by atoms with Crippen molar-refractivity contribution in [1.29, 1.82) is 0 Å². The first-order chi connectivity index (χ1) is 6.75. The maximum absolute atomic E-state index is 10.7. The molecule has 4 nitrogen and oxygen atoms in total. The van der Waals surface area contributed by atoms with Gasteiger partial charge in [0, 0.05) is 11.3 Å². The number of nitrogens with zero attached hydrogens (tertiary/aromatic N) is 1. The molecule has 0 spiro atoms. The molecule has 0 N–H and O–H groups in total. The van der Waals surface area contributed by atoms with E-state index in [-0.39, 0.29) is 11.0 Å². The SMILES string of the molecule is C=CCCO[C@@H]1CCCC[C@H]1[N+](=O)[O-]. The molecule has 0 aromatic rings. The molecule has 1 aliphatic rings. The summed E-state index contributed by atoms with van der Waals surface area (Å²) < 4.78 is 5.48. The number of rotatable bonds is 5. The Morgan fingerprint density at radius 3 is 2.86 bits per heavy atom. The van der Waals surface area contributed by atoms with Gasteiger partial charge in [-0.05, 0) is 19.3 Å². The summed E-state index contributed by atoms with van der Waals surface area (Å²) in [6.45, 7) is 4.14. The third-order valence-electron chi connectivity index (χ3n) is 2.59. The van der Waals surface area contributed by atoms with Gasteiger partial charge in [-0.2, -0.15) is 0 Å². The van der Waals surface area contributed by atoms with Crippen LogP contribution >= 0.6 is 0 Å². The smallest absolute Gasteiger partial charge is 0.238 e. The summed E-state index contributed by atoms with van der Waals surface area (Å²) >= 11 is 0. The lowest BCUT2D eigenvalue weighted by Crippen LogP contribution is -2.38. The van der Waals surface area contributed by atoms with Crippen molar-refractivity contribution in [2.24, 2.45) is 0 Å². The van der Waals surface area contributed by atoms with Crippen molar-refractivity contribution >= 4 is 0 Å². The Labute approximate surface area is 84.1 Å². The van der Waals surface area contributed by atoms with E-state index in [1.807, 2.05) is 0 Å². The number of nitro groups is 1. The molecule has 4 heteroatoms. The molecule has 0 radical (unpaired) electrons. The van der Waals surface area contributed by atoms with Gasteiger partial charge in [0.25, 0.3) is 0 Å². The van der Waals surface area contributed by atoms with E-state index in [1.54, 1.807) is 6.08 Å². The summed E-state index contributed by atoms with van der Waals surface area (Å²) in [5, 5.41) is 10.7. The molecule has 0 aromatic heterocycles. The largest absolute Gasteiger partial charge is 0.371 e. The summed E-state index contributed by atoms with van der Waals surface area (Å²) in [6.07, 6.45) is 5.83. The number of hydrogen-bond donors (Lipinski definition) is 0. The van der Waals surface area contributed by atoms with E-state index in [1.165, 1.54) is 0 Å². The van der Waals surface area contributed by atoms with Crippen molar-refractivity contribution in [1.82, 2.24) is 0 Å². The van der Waals surface area contributed by atoms with Crippen LogP contribution in [0.5, 0.6) is 0 Å². The van der Waals surface area contributed by atoms with Crippen LogP contribution in [0.1, 0.15) is 32.1 Å². The van der Waals surface area contributed by atoms with Crippen LogP contribution in [0.25, 0.3) is 0 Å². The van der Waals surface area contributed by atoms with E-state index >= 15 is 0 Å². The van der Waals surface area contributed by atoms with Crippen molar-refractivity contribution in [2.45, 2.75) is 44.2 Å². The minimum Gasteiger partial charge on any atom is -0.371 e. The molecule has 80 valence electrons. The minimum absolute atomic E-state index is 0.182. The van der Waals surface area contributed by atoms with Gasteiger partial charge < -0.3 is 4.74 Å². The highest BCUT2D eigenvalue weighted by atomic mass is 16.6. The lowest BCUT2D eigenvalue weighted by Gasteiger charge is -2.25. The molecule has 1 saturated carbocycles. The predicted molar refractivity (Wildman–Crippen MR) is 53.8 cm³/mol. The van der Waals surface area contributed by atoms with Gasteiger partial charge in [-0.3, -0.25) is 10.1 Å². The molecule has 0 unspecified atom stereocenters. The highest BCUT2D eigenvalue weighted by Gasteiger charge is 2.34. The summed E-state index contributed by atoms with van der Waals surface area (Å²) in [7, 11) is 0. The maximum atomic E-state index is 10.7. The van der Waals surface area contributed by atoms with Crippen molar-refractivity contribution in [3.63, 3.8) is 0 Å². The first kappa shape index (κ1) is 11.2. The van der Waals surface area contributed by atoms with Crippen molar-refractivity contribution in [3.8, 4) is 0 Å². The number of hydrogen-bond acceptors (Lipinski definition) is 3. The fraction of sp³-hybridized carbons (Fsp3) is 0.800. The second-order valence-electron chi connectivity index (χ2n) is 3.62. The van der Waals surface area contributed by atoms with Gasteiger partial charge >= 0.3 is 0 Å². The monoisotopic (exact) mass is 199 g/mol. The predicted octanol–water partition coefficient (Wildman–Crippen LogP) is 2.17. The zero-order chi connectivity index (χ0) is 10.4. The highest BCUT2D eigenvalue weighted by Crippen LogP contribution is 2.23. The summed E-state index contributed by atoms with van der Waals surface area (Å²) in [4.78, 5) is 10.5. The van der Waals surface area contributed by atoms with E-state index < -0.39 is 6.04 Å². The molecule has 0 aliphatic heterocycles. The second-order valence-corrected chi connectivity index (χ2v) is 3.62. The van der Waals surface area contributed by atoms with Crippen LogP contribution in [0.3, 0.4) is 0 Å². The summed E-state index contributed by atoms with van der Waals surface area (Å²) in [5.41, 5.74) is 0. The van der Waals surface area contributed by atoms with E-state index in [0.717, 1.165) is 25.7 Å². The van der Waals surface area contributed by atoms with Crippen LogP contribution in [0, 0.1) is 10.1 Å². The molecule has 0 bridgehead atoms. The fourth-order valence-electron chi connectivity index (χ4n) is 1.82. The van der Waals surface area contributed by atoms with Gasteiger partial charge in [0.15, 0.2) is 0 Å². The normalized spacial score (nSPS) is 27.1. The topological polar surface area (TPSA) is 52.4 Å². The summed E-state index contributed by atoms with van der Waals surface area (Å²) in [5.74, 6) is 0. The molecule has 0 amide bonds. The Morgan fingerprint density at radius 2 is 2.21 bits per heavy atom. The van der Waals surface area contributed by atoms with Crippen molar-refractivity contribution in [3.05, 3.63) is 22.8 Å². The third kappa shape index (κ3) is 3.10. The van der Waals surface area contributed by atoms with E-state index in [2.05, 4.69) is 6.58 Å². The molecule has 1 fully saturated rings. The average molecular weight is 199 g/mol. The average Bonchev–Trinajstić information content (AvgIpc) is 2.19. The zero-order valence-corrected chi connectivity index (χ0v) is 8.35. The van der Waals surface area contributed by atoms with Crippen LogP contribution in [0.4, 0.5) is 0 Å². The van der Waals surface area contributed by atoms with Crippen LogP contribution < -0.4 is 0 Å². The minimum atomic E-state index is -0.492. The molecule has 1 aliphatic carbocycles. The first-order valence-electron chi connectivity index (χ1n) is 5.11. The molecule has 0 aromatic carbocycles.